The first-order valence-corrected chi connectivity index (χ1v) is 9.14. The molecule has 2 heterocycles. The van der Waals surface area contributed by atoms with Crippen LogP contribution in [0.15, 0.2) is 18.2 Å². The van der Waals surface area contributed by atoms with Crippen LogP contribution in [0.2, 0.25) is 0 Å². The number of anilines is 1. The molecule has 0 spiro atoms. The van der Waals surface area contributed by atoms with Crippen molar-refractivity contribution in [2.45, 2.75) is 24.9 Å². The predicted octanol–water partition coefficient (Wildman–Crippen LogP) is 1.07. The Morgan fingerprint density at radius 2 is 1.96 bits per heavy atom. The Bertz CT molecular complexity index is 674. The standard InChI is InChI=1S/C19H27N3O5.ClH/c1-21(18(23)8-13-12-27-7-5-20-13)17-4-6-22(19(17)24)14-9-15(25-2)11-16(10-14)26-3;/h9-11,13,17,20H,4-8,12H2,1-3H3;1H. The smallest absolute Gasteiger partial charge is 0.249 e. The summed E-state index contributed by atoms with van der Waals surface area (Å²) in [4.78, 5) is 28.8. The first-order valence-electron chi connectivity index (χ1n) is 9.14. The number of amides is 2. The number of halogens is 1. The average molecular weight is 414 g/mol. The molecule has 156 valence electrons. The number of carbonyl (C=O) groups excluding carboxylic acids is 2. The number of hydrogen-bond acceptors (Lipinski definition) is 6. The van der Waals surface area contributed by atoms with E-state index in [1.54, 1.807) is 49.3 Å². The lowest BCUT2D eigenvalue weighted by atomic mass is 10.1. The Morgan fingerprint density at radius 3 is 2.54 bits per heavy atom. The first kappa shape index (κ1) is 22.3. The van der Waals surface area contributed by atoms with Crippen LogP contribution < -0.4 is 19.7 Å². The Hall–Kier alpha value is -2.03. The zero-order valence-corrected chi connectivity index (χ0v) is 17.3. The number of benzene rings is 1. The molecule has 9 heteroatoms. The fourth-order valence-electron chi connectivity index (χ4n) is 3.51. The molecule has 0 bridgehead atoms. The van der Waals surface area contributed by atoms with Gasteiger partial charge in [-0.15, -0.1) is 12.4 Å². The third kappa shape index (κ3) is 4.87. The van der Waals surface area contributed by atoms with Crippen molar-refractivity contribution in [3.63, 3.8) is 0 Å². The number of likely N-dealkylation sites (N-methyl/N-ethyl adjacent to an activating group) is 1. The highest BCUT2D eigenvalue weighted by atomic mass is 35.5. The maximum atomic E-state index is 13.0. The van der Waals surface area contributed by atoms with E-state index in [-0.39, 0.29) is 30.3 Å². The molecule has 1 aromatic carbocycles. The maximum absolute atomic E-state index is 13.0. The van der Waals surface area contributed by atoms with E-state index in [9.17, 15) is 9.59 Å². The molecule has 2 saturated heterocycles. The molecule has 1 aromatic rings. The Labute approximate surface area is 171 Å². The van der Waals surface area contributed by atoms with Gasteiger partial charge in [-0.3, -0.25) is 9.59 Å². The van der Waals surface area contributed by atoms with Crippen LogP contribution in [-0.4, -0.2) is 76.4 Å². The summed E-state index contributed by atoms with van der Waals surface area (Å²) in [6.45, 7) is 2.48. The van der Waals surface area contributed by atoms with E-state index in [0.717, 1.165) is 6.54 Å². The minimum absolute atomic E-state index is 0. The average Bonchev–Trinajstić information content (AvgIpc) is 3.08. The Kier molecular flexibility index (Phi) is 7.91. The third-order valence-electron chi connectivity index (χ3n) is 5.11. The van der Waals surface area contributed by atoms with Gasteiger partial charge in [-0.1, -0.05) is 0 Å². The van der Waals surface area contributed by atoms with Crippen LogP contribution in [0.4, 0.5) is 5.69 Å². The van der Waals surface area contributed by atoms with Gasteiger partial charge in [-0.05, 0) is 6.42 Å². The molecule has 2 unspecified atom stereocenters. The fourth-order valence-corrected chi connectivity index (χ4v) is 3.51. The molecule has 3 rings (SSSR count). The van der Waals surface area contributed by atoms with Crippen molar-refractivity contribution in [1.29, 1.82) is 0 Å². The SMILES string of the molecule is COc1cc(OC)cc(N2CCC(N(C)C(=O)CC3COCCN3)C2=O)c1.Cl. The van der Waals surface area contributed by atoms with Gasteiger partial charge in [-0.2, -0.15) is 0 Å². The maximum Gasteiger partial charge on any atom is 0.249 e. The van der Waals surface area contributed by atoms with Crippen molar-refractivity contribution >= 4 is 29.9 Å². The predicted molar refractivity (Wildman–Crippen MR) is 108 cm³/mol. The van der Waals surface area contributed by atoms with E-state index in [2.05, 4.69) is 5.32 Å². The van der Waals surface area contributed by atoms with Crippen LogP contribution in [0, 0.1) is 0 Å². The van der Waals surface area contributed by atoms with Gasteiger partial charge in [-0.25, -0.2) is 0 Å². The van der Waals surface area contributed by atoms with Gasteiger partial charge in [0.15, 0.2) is 0 Å². The summed E-state index contributed by atoms with van der Waals surface area (Å²) in [7, 11) is 4.84. The summed E-state index contributed by atoms with van der Waals surface area (Å²) in [6, 6.07) is 4.90. The number of carbonyl (C=O) groups is 2. The molecule has 2 atom stereocenters. The highest BCUT2D eigenvalue weighted by molar-refractivity contribution is 6.01. The molecular weight excluding hydrogens is 386 g/mol. The highest BCUT2D eigenvalue weighted by Crippen LogP contribution is 2.31. The van der Waals surface area contributed by atoms with E-state index in [1.165, 1.54) is 0 Å². The minimum atomic E-state index is -0.459. The monoisotopic (exact) mass is 413 g/mol. The summed E-state index contributed by atoms with van der Waals surface area (Å²) in [5.74, 6) is 1.09. The molecule has 8 nitrogen and oxygen atoms in total. The van der Waals surface area contributed by atoms with Crippen molar-refractivity contribution in [2.75, 3.05) is 52.5 Å². The van der Waals surface area contributed by atoms with Gasteiger partial charge in [0, 0.05) is 50.8 Å². The topological polar surface area (TPSA) is 80.3 Å². The first-order chi connectivity index (χ1) is 13.0. The molecule has 28 heavy (non-hydrogen) atoms. The van der Waals surface area contributed by atoms with Crippen molar-refractivity contribution in [2.24, 2.45) is 0 Å². The molecule has 2 amide bonds. The zero-order valence-electron chi connectivity index (χ0n) is 16.5. The van der Waals surface area contributed by atoms with Crippen LogP contribution in [0.25, 0.3) is 0 Å². The summed E-state index contributed by atoms with van der Waals surface area (Å²) in [6.07, 6.45) is 0.919. The van der Waals surface area contributed by atoms with E-state index in [0.29, 0.717) is 49.8 Å². The van der Waals surface area contributed by atoms with E-state index in [4.69, 9.17) is 14.2 Å². The number of nitrogens with one attached hydrogen (secondary N) is 1. The normalized spacial score (nSPS) is 21.8. The summed E-state index contributed by atoms with van der Waals surface area (Å²) >= 11 is 0. The number of methoxy groups -OCH3 is 2. The van der Waals surface area contributed by atoms with Crippen molar-refractivity contribution in [3.05, 3.63) is 18.2 Å². The van der Waals surface area contributed by atoms with Crippen LogP contribution in [0.1, 0.15) is 12.8 Å². The largest absolute Gasteiger partial charge is 0.497 e. The van der Waals surface area contributed by atoms with E-state index < -0.39 is 6.04 Å². The molecule has 1 N–H and O–H groups in total. The molecule has 2 fully saturated rings. The lowest BCUT2D eigenvalue weighted by Gasteiger charge is -2.28. The molecule has 0 aliphatic carbocycles. The van der Waals surface area contributed by atoms with Crippen molar-refractivity contribution in [3.8, 4) is 11.5 Å². The van der Waals surface area contributed by atoms with Gasteiger partial charge in [0.05, 0.1) is 33.1 Å². The molecular formula is C19H28ClN3O5. The van der Waals surface area contributed by atoms with Crippen LogP contribution in [0.5, 0.6) is 11.5 Å². The summed E-state index contributed by atoms with van der Waals surface area (Å²) in [5.41, 5.74) is 0.710. The number of rotatable bonds is 6. The number of morpholine rings is 1. The Morgan fingerprint density at radius 1 is 1.29 bits per heavy atom. The number of ether oxygens (including phenoxy) is 3. The molecule has 2 aliphatic heterocycles. The number of hydrogen-bond donors (Lipinski definition) is 1. The quantitative estimate of drug-likeness (QED) is 0.751. The van der Waals surface area contributed by atoms with Crippen LogP contribution in [0.3, 0.4) is 0 Å². The second-order valence-corrected chi connectivity index (χ2v) is 6.80. The van der Waals surface area contributed by atoms with Crippen LogP contribution >= 0.6 is 12.4 Å². The number of nitrogens with zero attached hydrogens (tertiary/aromatic N) is 2. The fraction of sp³-hybridized carbons (Fsp3) is 0.579. The molecule has 2 aliphatic rings. The van der Waals surface area contributed by atoms with Gasteiger partial charge in [0.2, 0.25) is 11.8 Å². The summed E-state index contributed by atoms with van der Waals surface area (Å²) < 4.78 is 16.0. The molecule has 0 saturated carbocycles. The minimum Gasteiger partial charge on any atom is -0.497 e. The zero-order chi connectivity index (χ0) is 19.4. The third-order valence-corrected chi connectivity index (χ3v) is 5.11. The van der Waals surface area contributed by atoms with Gasteiger partial charge in [0.25, 0.3) is 0 Å². The molecule has 0 radical (unpaired) electrons. The second kappa shape index (κ2) is 9.95. The second-order valence-electron chi connectivity index (χ2n) is 6.80. The lowest BCUT2D eigenvalue weighted by molar-refractivity contribution is -0.137. The van der Waals surface area contributed by atoms with Gasteiger partial charge in [0.1, 0.15) is 17.5 Å². The van der Waals surface area contributed by atoms with Crippen LogP contribution in [-0.2, 0) is 14.3 Å². The molecule has 0 aromatic heterocycles. The van der Waals surface area contributed by atoms with Crippen molar-refractivity contribution < 1.29 is 23.8 Å². The van der Waals surface area contributed by atoms with Gasteiger partial charge >= 0.3 is 0 Å². The Balaban J connectivity index is 0.00000280. The van der Waals surface area contributed by atoms with E-state index >= 15 is 0 Å². The highest BCUT2D eigenvalue weighted by Gasteiger charge is 2.38. The van der Waals surface area contributed by atoms with Crippen molar-refractivity contribution in [1.82, 2.24) is 10.2 Å². The lowest BCUT2D eigenvalue weighted by Crippen LogP contribution is -2.48. The summed E-state index contributed by atoms with van der Waals surface area (Å²) in [5, 5.41) is 3.27. The van der Waals surface area contributed by atoms with Gasteiger partial charge < -0.3 is 29.3 Å². The van der Waals surface area contributed by atoms with E-state index in [1.807, 2.05) is 0 Å².